The lowest BCUT2D eigenvalue weighted by Gasteiger charge is -2.18. The molecule has 0 fully saturated rings. The molecule has 2 aromatic heterocycles. The van der Waals surface area contributed by atoms with E-state index in [-0.39, 0.29) is 64.7 Å². The average Bonchev–Trinajstić information content (AvgIpc) is 3.36. The number of furan rings is 1. The Bertz CT molecular complexity index is 1480. The molecule has 0 spiro atoms. The molecule has 0 atom stereocenters. The van der Waals surface area contributed by atoms with Crippen LogP contribution in [0.3, 0.4) is 0 Å². The molecule has 0 saturated carbocycles. The number of pyridine rings is 1. The van der Waals surface area contributed by atoms with Crippen molar-refractivity contribution in [2.24, 2.45) is 0 Å². The van der Waals surface area contributed by atoms with Crippen molar-refractivity contribution in [2.45, 2.75) is 58.9 Å². The molecule has 39 heavy (non-hydrogen) atoms. The molecular formula is C30H32F2N2O4S. The van der Waals surface area contributed by atoms with E-state index in [1.165, 1.54) is 30.5 Å². The maximum absolute atomic E-state index is 15.7. The molecule has 0 aliphatic rings. The van der Waals surface area contributed by atoms with E-state index >= 15 is 8.78 Å². The van der Waals surface area contributed by atoms with Crippen LogP contribution in [0, 0.1) is 18.6 Å². The predicted molar refractivity (Wildman–Crippen MR) is 149 cm³/mol. The highest BCUT2D eigenvalue weighted by Gasteiger charge is 2.21. The summed E-state index contributed by atoms with van der Waals surface area (Å²) in [5.41, 5.74) is 2.92. The molecule has 206 valence electrons. The standard InChI is InChI=1S/C30H32F2N2O4S/c1-6-36-26(35)15-19-8-7-18(2)13-25(19)38-17-20-14-23(29-22(27(20)31)10-12-37-29)21-9-11-33-24(28(21)32)16-34-39-30(3,4)5/h7-14,34H,6,15-17H2,1-5H3. The summed E-state index contributed by atoms with van der Waals surface area (Å²) in [5, 5.41) is 0.223. The minimum absolute atomic E-state index is 0.0322. The van der Waals surface area contributed by atoms with Crippen molar-refractivity contribution in [3.05, 3.63) is 82.9 Å². The molecule has 6 nitrogen and oxygen atoms in total. The van der Waals surface area contributed by atoms with Gasteiger partial charge >= 0.3 is 5.97 Å². The summed E-state index contributed by atoms with van der Waals surface area (Å²) in [5.74, 6) is -0.943. The number of ether oxygens (including phenoxy) is 2. The van der Waals surface area contributed by atoms with Crippen LogP contribution in [0.1, 0.15) is 50.1 Å². The van der Waals surface area contributed by atoms with Gasteiger partial charge in [0.15, 0.2) is 5.82 Å². The molecule has 9 heteroatoms. The van der Waals surface area contributed by atoms with E-state index in [9.17, 15) is 4.79 Å². The number of fused-ring (bicyclic) bond motifs is 1. The van der Waals surface area contributed by atoms with Crippen LogP contribution in [-0.4, -0.2) is 22.3 Å². The molecule has 4 aromatic rings. The van der Waals surface area contributed by atoms with Gasteiger partial charge in [-0.25, -0.2) is 8.78 Å². The molecule has 0 amide bonds. The Morgan fingerprint density at radius 2 is 1.87 bits per heavy atom. The van der Waals surface area contributed by atoms with Crippen LogP contribution in [0.25, 0.3) is 22.1 Å². The van der Waals surface area contributed by atoms with E-state index in [1.54, 1.807) is 31.2 Å². The van der Waals surface area contributed by atoms with Crippen molar-refractivity contribution in [3.8, 4) is 16.9 Å². The normalized spacial score (nSPS) is 11.7. The number of halogens is 2. The van der Waals surface area contributed by atoms with E-state index in [0.29, 0.717) is 16.9 Å². The Labute approximate surface area is 231 Å². The first-order chi connectivity index (χ1) is 18.6. The van der Waals surface area contributed by atoms with Crippen molar-refractivity contribution < 1.29 is 27.5 Å². The molecule has 2 heterocycles. The van der Waals surface area contributed by atoms with Gasteiger partial charge in [0.05, 0.1) is 36.9 Å². The topological polar surface area (TPSA) is 73.6 Å². The number of rotatable bonds is 10. The number of esters is 1. The zero-order chi connectivity index (χ0) is 28.2. The van der Waals surface area contributed by atoms with Gasteiger partial charge in [0.2, 0.25) is 0 Å². The fraction of sp³-hybridized carbons (Fsp3) is 0.333. The quantitative estimate of drug-likeness (QED) is 0.163. The third-order valence-corrected chi connectivity index (χ3v) is 6.76. The number of carbonyl (C=O) groups excluding carboxylic acids is 1. The minimum Gasteiger partial charge on any atom is -0.488 e. The number of hydrogen-bond acceptors (Lipinski definition) is 7. The number of benzene rings is 2. The summed E-state index contributed by atoms with van der Waals surface area (Å²) >= 11 is 1.49. The van der Waals surface area contributed by atoms with Gasteiger partial charge in [-0.2, -0.15) is 0 Å². The van der Waals surface area contributed by atoms with Crippen molar-refractivity contribution in [3.63, 3.8) is 0 Å². The Morgan fingerprint density at radius 1 is 1.08 bits per heavy atom. The van der Waals surface area contributed by atoms with Crippen LogP contribution in [-0.2, 0) is 29.1 Å². The minimum atomic E-state index is -0.514. The second kappa shape index (κ2) is 12.2. The maximum Gasteiger partial charge on any atom is 0.310 e. The molecule has 0 radical (unpaired) electrons. The van der Waals surface area contributed by atoms with E-state index < -0.39 is 11.6 Å². The molecule has 0 aliphatic carbocycles. The van der Waals surface area contributed by atoms with Crippen molar-refractivity contribution in [2.75, 3.05) is 6.61 Å². The lowest BCUT2D eigenvalue weighted by molar-refractivity contribution is -0.142. The zero-order valence-corrected chi connectivity index (χ0v) is 23.5. The summed E-state index contributed by atoms with van der Waals surface area (Å²) < 4.78 is 51.0. The lowest BCUT2D eigenvalue weighted by Crippen LogP contribution is -2.18. The van der Waals surface area contributed by atoms with Crippen molar-refractivity contribution in [1.82, 2.24) is 9.71 Å². The smallest absolute Gasteiger partial charge is 0.310 e. The monoisotopic (exact) mass is 554 g/mol. The van der Waals surface area contributed by atoms with Crippen LogP contribution in [0.15, 0.2) is 53.3 Å². The van der Waals surface area contributed by atoms with E-state index in [0.717, 1.165) is 5.56 Å². The Balaban J connectivity index is 1.66. The van der Waals surface area contributed by atoms with Crippen LogP contribution < -0.4 is 9.46 Å². The van der Waals surface area contributed by atoms with Gasteiger partial charge in [-0.05, 0) is 64.4 Å². The summed E-state index contributed by atoms with van der Waals surface area (Å²) in [6.45, 7) is 10.2. The molecule has 0 aliphatic heterocycles. The van der Waals surface area contributed by atoms with Crippen LogP contribution in [0.2, 0.25) is 0 Å². The first kappa shape index (κ1) is 28.6. The van der Waals surface area contributed by atoms with Gasteiger partial charge in [-0.3, -0.25) is 14.5 Å². The van der Waals surface area contributed by atoms with Crippen LogP contribution >= 0.6 is 11.9 Å². The first-order valence-corrected chi connectivity index (χ1v) is 13.5. The second-order valence-corrected chi connectivity index (χ2v) is 11.8. The highest BCUT2D eigenvalue weighted by Crippen LogP contribution is 2.36. The van der Waals surface area contributed by atoms with E-state index in [1.807, 2.05) is 13.0 Å². The largest absolute Gasteiger partial charge is 0.488 e. The third-order valence-electron chi connectivity index (χ3n) is 5.86. The van der Waals surface area contributed by atoms with Crippen molar-refractivity contribution >= 4 is 28.9 Å². The van der Waals surface area contributed by atoms with E-state index in [4.69, 9.17) is 13.9 Å². The number of nitrogens with one attached hydrogen (secondary N) is 1. The number of aryl methyl sites for hydroxylation is 1. The molecule has 0 bridgehead atoms. The fourth-order valence-corrected chi connectivity index (χ4v) is 4.72. The molecule has 1 N–H and O–H groups in total. The maximum atomic E-state index is 15.7. The lowest BCUT2D eigenvalue weighted by atomic mass is 9.99. The number of carbonyl (C=O) groups is 1. The Hall–Kier alpha value is -3.43. The summed E-state index contributed by atoms with van der Waals surface area (Å²) in [6.07, 6.45) is 2.94. The summed E-state index contributed by atoms with van der Waals surface area (Å²) in [6, 6.07) is 10.1. The first-order valence-electron chi connectivity index (χ1n) is 12.7. The fourth-order valence-electron chi connectivity index (χ4n) is 4.08. The molecular weight excluding hydrogens is 522 g/mol. The van der Waals surface area contributed by atoms with Gasteiger partial charge in [0.25, 0.3) is 0 Å². The predicted octanol–water partition coefficient (Wildman–Crippen LogP) is 7.30. The molecule has 0 unspecified atom stereocenters. The third kappa shape index (κ3) is 6.96. The van der Waals surface area contributed by atoms with Crippen LogP contribution in [0.5, 0.6) is 5.75 Å². The average molecular weight is 555 g/mol. The highest BCUT2D eigenvalue weighted by molar-refractivity contribution is 7.98. The molecule has 4 rings (SSSR count). The second-order valence-electron chi connectivity index (χ2n) is 10.1. The Kier molecular flexibility index (Phi) is 8.92. The molecule has 2 aromatic carbocycles. The van der Waals surface area contributed by atoms with Gasteiger partial charge < -0.3 is 13.9 Å². The van der Waals surface area contributed by atoms with E-state index in [2.05, 4.69) is 30.5 Å². The van der Waals surface area contributed by atoms with Crippen LogP contribution in [0.4, 0.5) is 8.78 Å². The van der Waals surface area contributed by atoms with Gasteiger partial charge in [-0.15, -0.1) is 0 Å². The summed E-state index contributed by atoms with van der Waals surface area (Å²) in [7, 11) is 0. The van der Waals surface area contributed by atoms with Crippen molar-refractivity contribution in [1.29, 1.82) is 0 Å². The zero-order valence-electron chi connectivity index (χ0n) is 22.7. The molecule has 0 saturated heterocycles. The van der Waals surface area contributed by atoms with Gasteiger partial charge in [0, 0.05) is 33.2 Å². The SMILES string of the molecule is CCOC(=O)Cc1ccc(C)cc1OCc1cc(-c2ccnc(CNSC(C)(C)C)c2F)c2occc2c1F. The Morgan fingerprint density at radius 3 is 2.62 bits per heavy atom. The summed E-state index contributed by atoms with van der Waals surface area (Å²) in [4.78, 5) is 16.3. The number of hydrogen-bond donors (Lipinski definition) is 1. The van der Waals surface area contributed by atoms with Gasteiger partial charge in [0.1, 0.15) is 23.8 Å². The highest BCUT2D eigenvalue weighted by atomic mass is 32.2. The number of nitrogens with zero attached hydrogens (tertiary/aromatic N) is 1. The number of aromatic nitrogens is 1. The van der Waals surface area contributed by atoms with Gasteiger partial charge in [-0.1, -0.05) is 24.1 Å².